The lowest BCUT2D eigenvalue weighted by Gasteiger charge is -2.16. The first-order valence-electron chi connectivity index (χ1n) is 7.36. The van der Waals surface area contributed by atoms with Crippen molar-refractivity contribution in [2.24, 2.45) is 0 Å². The highest BCUT2D eigenvalue weighted by molar-refractivity contribution is 7.91. The van der Waals surface area contributed by atoms with E-state index in [9.17, 15) is 18.0 Å². The molecule has 0 radical (unpaired) electrons. The summed E-state index contributed by atoms with van der Waals surface area (Å²) in [4.78, 5) is 24.0. The van der Waals surface area contributed by atoms with Crippen molar-refractivity contribution in [2.75, 3.05) is 20.4 Å². The van der Waals surface area contributed by atoms with Crippen molar-refractivity contribution >= 4 is 33.2 Å². The van der Waals surface area contributed by atoms with E-state index >= 15 is 0 Å². The Labute approximate surface area is 153 Å². The van der Waals surface area contributed by atoms with Crippen LogP contribution >= 0.6 is 11.3 Å². The lowest BCUT2D eigenvalue weighted by molar-refractivity contribution is -0.121. The quantitative estimate of drug-likeness (QED) is 0.713. The summed E-state index contributed by atoms with van der Waals surface area (Å²) in [6.45, 7) is -0.357. The van der Waals surface area contributed by atoms with E-state index in [0.717, 1.165) is 15.6 Å². The van der Waals surface area contributed by atoms with E-state index < -0.39 is 28.4 Å². The molecule has 0 saturated carbocycles. The molecular formula is C15H15N3O6S2. The average Bonchev–Trinajstić information content (AvgIpc) is 3.30. The number of likely N-dealkylation sites (N-methyl/N-ethyl adjacent to an activating group) is 1. The lowest BCUT2D eigenvalue weighted by Crippen LogP contribution is -2.46. The number of rotatable bonds is 5. The normalized spacial score (nSPS) is 12.8. The molecule has 3 rings (SSSR count). The summed E-state index contributed by atoms with van der Waals surface area (Å²) in [7, 11) is -2.45. The summed E-state index contributed by atoms with van der Waals surface area (Å²) in [5.41, 5.74) is 4.67. The molecule has 1 aromatic heterocycles. The number of sulfonamides is 1. The molecule has 9 nitrogen and oxygen atoms in total. The Morgan fingerprint density at radius 3 is 2.69 bits per heavy atom. The third-order valence-corrected chi connectivity index (χ3v) is 6.65. The molecule has 138 valence electrons. The Bertz CT molecular complexity index is 927. The number of ether oxygens (including phenoxy) is 2. The van der Waals surface area contributed by atoms with Crippen LogP contribution in [0.1, 0.15) is 10.4 Å². The zero-order valence-electron chi connectivity index (χ0n) is 13.6. The third kappa shape index (κ3) is 3.79. The highest BCUT2D eigenvalue weighted by Gasteiger charge is 2.24. The van der Waals surface area contributed by atoms with Gasteiger partial charge in [0.05, 0.1) is 6.54 Å². The van der Waals surface area contributed by atoms with E-state index in [-0.39, 0.29) is 16.6 Å². The third-order valence-electron chi connectivity index (χ3n) is 3.48. The first-order valence-corrected chi connectivity index (χ1v) is 9.68. The SMILES string of the molecule is CN(CC(=O)NNC(=O)c1ccc2c(c1)OCO2)S(=O)(=O)c1cccs1. The maximum absolute atomic E-state index is 12.2. The van der Waals surface area contributed by atoms with E-state index in [1.807, 2.05) is 0 Å². The molecule has 0 aliphatic carbocycles. The molecular weight excluding hydrogens is 382 g/mol. The number of hydrazine groups is 1. The predicted octanol–water partition coefficient (Wildman–Crippen LogP) is 0.558. The summed E-state index contributed by atoms with van der Waals surface area (Å²) >= 11 is 1.06. The Balaban J connectivity index is 1.54. The first kappa shape index (κ1) is 18.2. The largest absolute Gasteiger partial charge is 0.454 e. The van der Waals surface area contributed by atoms with Gasteiger partial charge in [-0.2, -0.15) is 4.31 Å². The van der Waals surface area contributed by atoms with Gasteiger partial charge in [0.1, 0.15) is 4.21 Å². The number of nitrogens with one attached hydrogen (secondary N) is 2. The van der Waals surface area contributed by atoms with Gasteiger partial charge in [-0.25, -0.2) is 8.42 Å². The number of benzene rings is 1. The monoisotopic (exact) mass is 397 g/mol. The smallest absolute Gasteiger partial charge is 0.269 e. The molecule has 2 amide bonds. The zero-order valence-corrected chi connectivity index (χ0v) is 15.2. The van der Waals surface area contributed by atoms with Crippen molar-refractivity contribution in [1.82, 2.24) is 15.2 Å². The molecule has 0 saturated heterocycles. The summed E-state index contributed by atoms with van der Waals surface area (Å²) in [5, 5.41) is 1.63. The van der Waals surface area contributed by atoms with E-state index in [2.05, 4.69) is 10.9 Å². The van der Waals surface area contributed by atoms with Gasteiger partial charge in [-0.05, 0) is 29.6 Å². The van der Waals surface area contributed by atoms with Crippen LogP contribution in [0.2, 0.25) is 0 Å². The van der Waals surface area contributed by atoms with Crippen molar-refractivity contribution < 1.29 is 27.5 Å². The van der Waals surface area contributed by atoms with E-state index in [0.29, 0.717) is 11.5 Å². The molecule has 0 unspecified atom stereocenters. The van der Waals surface area contributed by atoms with Gasteiger partial charge in [0.2, 0.25) is 6.79 Å². The van der Waals surface area contributed by atoms with Crippen LogP contribution in [0.25, 0.3) is 0 Å². The molecule has 1 aliphatic rings. The Kier molecular flexibility index (Phi) is 5.11. The van der Waals surface area contributed by atoms with Crippen LogP contribution in [-0.4, -0.2) is 44.9 Å². The maximum atomic E-state index is 12.2. The van der Waals surface area contributed by atoms with Gasteiger partial charge in [-0.3, -0.25) is 20.4 Å². The minimum Gasteiger partial charge on any atom is -0.454 e. The minimum atomic E-state index is -3.74. The number of hydrogen-bond acceptors (Lipinski definition) is 7. The van der Waals surface area contributed by atoms with Gasteiger partial charge in [0.25, 0.3) is 21.8 Å². The van der Waals surface area contributed by atoms with Crippen LogP contribution in [-0.2, 0) is 14.8 Å². The molecule has 0 spiro atoms. The fourth-order valence-corrected chi connectivity index (χ4v) is 4.46. The molecule has 0 atom stereocenters. The summed E-state index contributed by atoms with van der Waals surface area (Å²) in [5.74, 6) is -0.279. The number of hydrogen-bond donors (Lipinski definition) is 2. The van der Waals surface area contributed by atoms with Gasteiger partial charge in [-0.15, -0.1) is 11.3 Å². The predicted molar refractivity (Wildman–Crippen MR) is 92.3 cm³/mol. The van der Waals surface area contributed by atoms with Crippen molar-refractivity contribution in [2.45, 2.75) is 4.21 Å². The molecule has 2 heterocycles. The maximum Gasteiger partial charge on any atom is 0.269 e. The molecule has 0 fully saturated rings. The number of carbonyl (C=O) groups excluding carboxylic acids is 2. The minimum absolute atomic E-state index is 0.0855. The van der Waals surface area contributed by atoms with Gasteiger partial charge in [-0.1, -0.05) is 6.07 Å². The highest BCUT2D eigenvalue weighted by atomic mass is 32.2. The molecule has 26 heavy (non-hydrogen) atoms. The van der Waals surface area contributed by atoms with Crippen molar-refractivity contribution in [3.63, 3.8) is 0 Å². The van der Waals surface area contributed by atoms with Crippen LogP contribution in [0.5, 0.6) is 11.5 Å². The fourth-order valence-electron chi connectivity index (χ4n) is 2.13. The molecule has 2 N–H and O–H groups in total. The molecule has 0 bridgehead atoms. The van der Waals surface area contributed by atoms with Crippen molar-refractivity contribution in [1.29, 1.82) is 0 Å². The van der Waals surface area contributed by atoms with Gasteiger partial charge in [0.15, 0.2) is 11.5 Å². The number of nitrogens with zero attached hydrogens (tertiary/aromatic N) is 1. The van der Waals surface area contributed by atoms with Crippen LogP contribution in [0.4, 0.5) is 0 Å². The second-order valence-electron chi connectivity index (χ2n) is 5.26. The highest BCUT2D eigenvalue weighted by Crippen LogP contribution is 2.32. The summed E-state index contributed by atoms with van der Waals surface area (Å²) < 4.78 is 35.9. The van der Waals surface area contributed by atoms with E-state index in [1.54, 1.807) is 17.5 Å². The zero-order chi connectivity index (χ0) is 18.7. The van der Waals surface area contributed by atoms with Gasteiger partial charge in [0, 0.05) is 12.6 Å². The molecule has 11 heteroatoms. The van der Waals surface area contributed by atoms with Crippen molar-refractivity contribution in [3.05, 3.63) is 41.3 Å². The second kappa shape index (κ2) is 7.32. The van der Waals surface area contributed by atoms with Crippen LogP contribution in [0.3, 0.4) is 0 Å². The fraction of sp³-hybridized carbons (Fsp3) is 0.200. The summed E-state index contributed by atoms with van der Waals surface area (Å²) in [6.07, 6.45) is 0. The topological polar surface area (TPSA) is 114 Å². The average molecular weight is 397 g/mol. The van der Waals surface area contributed by atoms with Crippen LogP contribution in [0, 0.1) is 0 Å². The first-order chi connectivity index (χ1) is 12.4. The summed E-state index contributed by atoms with van der Waals surface area (Å²) in [6, 6.07) is 7.65. The van der Waals surface area contributed by atoms with Crippen LogP contribution < -0.4 is 20.3 Å². The van der Waals surface area contributed by atoms with Crippen LogP contribution in [0.15, 0.2) is 39.9 Å². The van der Waals surface area contributed by atoms with Gasteiger partial charge < -0.3 is 9.47 Å². The van der Waals surface area contributed by atoms with Crippen molar-refractivity contribution in [3.8, 4) is 11.5 Å². The molecule has 1 aliphatic heterocycles. The van der Waals surface area contributed by atoms with E-state index in [4.69, 9.17) is 9.47 Å². The van der Waals surface area contributed by atoms with Gasteiger partial charge >= 0.3 is 0 Å². The Morgan fingerprint density at radius 1 is 1.19 bits per heavy atom. The van der Waals surface area contributed by atoms with E-state index in [1.165, 1.54) is 25.2 Å². The molecule has 2 aromatic rings. The molecule has 1 aromatic carbocycles. The number of carbonyl (C=O) groups is 2. The number of fused-ring (bicyclic) bond motifs is 1. The second-order valence-corrected chi connectivity index (χ2v) is 8.48. The number of thiophene rings is 1. The Morgan fingerprint density at radius 2 is 1.96 bits per heavy atom. The Hall–Kier alpha value is -2.63. The number of amides is 2. The lowest BCUT2D eigenvalue weighted by atomic mass is 10.2. The standard InChI is InChI=1S/C15H15N3O6S2/c1-18(26(21,22)14-3-2-6-25-14)8-13(19)16-17-15(20)10-4-5-11-12(7-10)24-9-23-11/h2-7H,8-9H2,1H3,(H,16,19)(H,17,20).